The van der Waals surface area contributed by atoms with Gasteiger partial charge in [0.2, 0.25) is 0 Å². The number of carboxylic acids is 1. The van der Waals surface area contributed by atoms with Crippen molar-refractivity contribution in [3.63, 3.8) is 0 Å². The minimum Gasteiger partial charge on any atom is -0.480 e. The summed E-state index contributed by atoms with van der Waals surface area (Å²) in [5.74, 6) is -1.33. The Morgan fingerprint density at radius 1 is 1.36 bits per heavy atom. The molecule has 0 aliphatic heterocycles. The van der Waals surface area contributed by atoms with Gasteiger partial charge in [0.15, 0.2) is 0 Å². The summed E-state index contributed by atoms with van der Waals surface area (Å²) in [7, 11) is 0. The number of aliphatic carboxylic acids is 1. The molecular formula is C15H16N4O3. The average molecular weight is 300 g/mol. The number of aryl methyl sites for hydroxylation is 1. The van der Waals surface area contributed by atoms with E-state index in [1.807, 2.05) is 13.0 Å². The highest BCUT2D eigenvalue weighted by Crippen LogP contribution is 2.32. The molecule has 3 rings (SSSR count). The topological polar surface area (TPSA) is 97.1 Å². The van der Waals surface area contributed by atoms with E-state index in [9.17, 15) is 14.7 Å². The van der Waals surface area contributed by atoms with Crippen molar-refractivity contribution in [2.45, 2.75) is 31.7 Å². The highest BCUT2D eigenvalue weighted by Gasteiger charge is 2.45. The van der Waals surface area contributed by atoms with E-state index in [1.54, 1.807) is 23.1 Å². The summed E-state index contributed by atoms with van der Waals surface area (Å²) < 4.78 is 1.60. The van der Waals surface area contributed by atoms with E-state index in [-0.39, 0.29) is 5.91 Å². The van der Waals surface area contributed by atoms with Gasteiger partial charge in [-0.3, -0.25) is 4.79 Å². The van der Waals surface area contributed by atoms with Crippen molar-refractivity contribution < 1.29 is 14.7 Å². The van der Waals surface area contributed by atoms with Crippen molar-refractivity contribution in [1.82, 2.24) is 20.1 Å². The molecule has 1 aromatic heterocycles. The second-order valence-electron chi connectivity index (χ2n) is 5.53. The van der Waals surface area contributed by atoms with Crippen LogP contribution in [-0.2, 0) is 4.79 Å². The molecule has 0 bridgehead atoms. The van der Waals surface area contributed by atoms with Crippen LogP contribution in [-0.4, -0.2) is 37.3 Å². The van der Waals surface area contributed by atoms with Crippen LogP contribution in [0.25, 0.3) is 5.69 Å². The fraction of sp³-hybridized carbons (Fsp3) is 0.333. The molecule has 1 aliphatic rings. The minimum absolute atomic E-state index is 0.357. The number of benzene rings is 1. The van der Waals surface area contributed by atoms with Crippen molar-refractivity contribution in [3.8, 4) is 5.69 Å². The molecule has 1 aliphatic carbocycles. The average Bonchev–Trinajstić information content (AvgIpc) is 2.96. The molecule has 1 aromatic carbocycles. The van der Waals surface area contributed by atoms with E-state index < -0.39 is 11.5 Å². The second kappa shape index (κ2) is 5.25. The number of carbonyl (C=O) groups is 2. The van der Waals surface area contributed by atoms with Gasteiger partial charge in [0.1, 0.15) is 18.2 Å². The van der Waals surface area contributed by atoms with Crippen LogP contribution in [0.5, 0.6) is 0 Å². The Morgan fingerprint density at radius 2 is 2.14 bits per heavy atom. The fourth-order valence-corrected chi connectivity index (χ4v) is 2.59. The van der Waals surface area contributed by atoms with Gasteiger partial charge in [0.05, 0.1) is 5.69 Å². The van der Waals surface area contributed by atoms with Gasteiger partial charge in [-0.1, -0.05) is 0 Å². The molecular weight excluding hydrogens is 284 g/mol. The van der Waals surface area contributed by atoms with Crippen LogP contribution in [0.4, 0.5) is 0 Å². The fourth-order valence-electron chi connectivity index (χ4n) is 2.59. The lowest BCUT2D eigenvalue weighted by molar-refractivity contribution is -0.148. The maximum atomic E-state index is 12.4. The van der Waals surface area contributed by atoms with E-state index in [2.05, 4.69) is 15.4 Å². The summed E-state index contributed by atoms with van der Waals surface area (Å²) in [6.07, 6.45) is 4.77. The quantitative estimate of drug-likeness (QED) is 0.887. The smallest absolute Gasteiger partial charge is 0.329 e. The van der Waals surface area contributed by atoms with E-state index in [0.717, 1.165) is 17.7 Å². The molecule has 1 amide bonds. The number of hydrogen-bond donors (Lipinski definition) is 2. The Kier molecular flexibility index (Phi) is 3.40. The van der Waals surface area contributed by atoms with Crippen LogP contribution < -0.4 is 5.32 Å². The van der Waals surface area contributed by atoms with E-state index in [1.165, 1.54) is 6.33 Å². The van der Waals surface area contributed by atoms with Gasteiger partial charge in [0.25, 0.3) is 5.91 Å². The molecule has 0 saturated heterocycles. The Bertz CT molecular complexity index is 720. The number of aromatic nitrogens is 3. The molecule has 0 atom stereocenters. The van der Waals surface area contributed by atoms with Crippen molar-refractivity contribution in [3.05, 3.63) is 42.0 Å². The zero-order chi connectivity index (χ0) is 15.7. The Balaban J connectivity index is 1.83. The van der Waals surface area contributed by atoms with Crippen molar-refractivity contribution in [2.24, 2.45) is 0 Å². The van der Waals surface area contributed by atoms with Crippen molar-refractivity contribution >= 4 is 11.9 Å². The number of hydrogen-bond acceptors (Lipinski definition) is 4. The van der Waals surface area contributed by atoms with E-state index >= 15 is 0 Å². The summed E-state index contributed by atoms with van der Waals surface area (Å²) >= 11 is 0. The summed E-state index contributed by atoms with van der Waals surface area (Å²) in [4.78, 5) is 27.6. The lowest BCUT2D eigenvalue weighted by Crippen LogP contribution is -2.59. The molecule has 0 spiro atoms. The summed E-state index contributed by atoms with van der Waals surface area (Å²) in [5, 5.41) is 16.0. The first-order chi connectivity index (χ1) is 10.5. The largest absolute Gasteiger partial charge is 0.480 e. The monoisotopic (exact) mass is 300 g/mol. The molecule has 0 unspecified atom stereocenters. The Morgan fingerprint density at radius 3 is 2.64 bits per heavy atom. The standard InChI is InChI=1S/C15H16N4O3/c1-10-7-11(19-9-16-8-17-19)3-4-12(10)13(20)18-15(14(21)22)5-2-6-15/h3-4,7-9H,2,5-6H2,1H3,(H,18,20)(H,21,22). The lowest BCUT2D eigenvalue weighted by atomic mass is 9.76. The zero-order valence-electron chi connectivity index (χ0n) is 12.1. The number of nitrogens with zero attached hydrogens (tertiary/aromatic N) is 3. The zero-order valence-corrected chi connectivity index (χ0v) is 12.1. The minimum atomic E-state index is -1.10. The predicted molar refractivity (Wildman–Crippen MR) is 77.8 cm³/mol. The van der Waals surface area contributed by atoms with Gasteiger partial charge in [0, 0.05) is 5.56 Å². The molecule has 7 nitrogen and oxygen atoms in total. The SMILES string of the molecule is Cc1cc(-n2cncn2)ccc1C(=O)NC1(C(=O)O)CCC1. The Hall–Kier alpha value is -2.70. The van der Waals surface area contributed by atoms with Crippen molar-refractivity contribution in [1.29, 1.82) is 0 Å². The van der Waals surface area contributed by atoms with Crippen LogP contribution in [0, 0.1) is 6.92 Å². The lowest BCUT2D eigenvalue weighted by Gasteiger charge is -2.38. The van der Waals surface area contributed by atoms with Gasteiger partial charge < -0.3 is 10.4 Å². The Labute approximate surface area is 127 Å². The van der Waals surface area contributed by atoms with Crippen LogP contribution >= 0.6 is 0 Å². The molecule has 22 heavy (non-hydrogen) atoms. The number of nitrogens with one attached hydrogen (secondary N) is 1. The third-order valence-corrected chi connectivity index (χ3v) is 4.11. The van der Waals surface area contributed by atoms with Gasteiger partial charge in [-0.05, 0) is 49.9 Å². The van der Waals surface area contributed by atoms with Crippen LogP contribution in [0.2, 0.25) is 0 Å². The van der Waals surface area contributed by atoms with Crippen LogP contribution in [0.1, 0.15) is 35.2 Å². The first kappa shape index (κ1) is 14.2. The molecule has 7 heteroatoms. The molecule has 2 aromatic rings. The summed E-state index contributed by atoms with van der Waals surface area (Å²) in [6.45, 7) is 1.81. The first-order valence-corrected chi connectivity index (χ1v) is 7.03. The number of rotatable bonds is 4. The maximum absolute atomic E-state index is 12.4. The molecule has 0 radical (unpaired) electrons. The third-order valence-electron chi connectivity index (χ3n) is 4.11. The summed E-state index contributed by atoms with van der Waals surface area (Å²) in [5.41, 5.74) is 0.915. The predicted octanol–water partition coefficient (Wildman–Crippen LogP) is 1.31. The molecule has 1 saturated carbocycles. The highest BCUT2D eigenvalue weighted by atomic mass is 16.4. The number of carbonyl (C=O) groups excluding carboxylic acids is 1. The molecule has 2 N–H and O–H groups in total. The van der Waals surface area contributed by atoms with Crippen LogP contribution in [0.3, 0.4) is 0 Å². The van der Waals surface area contributed by atoms with Gasteiger partial charge in [-0.2, -0.15) is 5.10 Å². The third kappa shape index (κ3) is 2.34. The molecule has 114 valence electrons. The van der Waals surface area contributed by atoms with Crippen LogP contribution in [0.15, 0.2) is 30.9 Å². The van der Waals surface area contributed by atoms with E-state index in [0.29, 0.717) is 18.4 Å². The van der Waals surface area contributed by atoms with E-state index in [4.69, 9.17) is 0 Å². The summed E-state index contributed by atoms with van der Waals surface area (Å²) in [6, 6.07) is 5.25. The highest BCUT2D eigenvalue weighted by molar-refractivity contribution is 5.99. The second-order valence-corrected chi connectivity index (χ2v) is 5.53. The maximum Gasteiger partial charge on any atom is 0.329 e. The first-order valence-electron chi connectivity index (χ1n) is 7.03. The van der Waals surface area contributed by atoms with Crippen molar-refractivity contribution in [2.75, 3.05) is 0 Å². The normalized spacial score (nSPS) is 15.9. The van der Waals surface area contributed by atoms with Gasteiger partial charge >= 0.3 is 5.97 Å². The molecule has 1 heterocycles. The molecule has 1 fully saturated rings. The van der Waals surface area contributed by atoms with Gasteiger partial charge in [-0.25, -0.2) is 14.5 Å². The number of carboxylic acid groups (broad SMARTS) is 1. The van der Waals surface area contributed by atoms with Gasteiger partial charge in [-0.15, -0.1) is 0 Å². The number of amides is 1.